The predicted molar refractivity (Wildman–Crippen MR) is 35.3 cm³/mol. The highest BCUT2D eigenvalue weighted by molar-refractivity contribution is 7.53. The SMILES string of the molecule is CCC(=O)OP(=O)(O)CN. The Morgan fingerprint density at radius 3 is 2.60 bits per heavy atom. The molecule has 10 heavy (non-hydrogen) atoms. The van der Waals surface area contributed by atoms with Gasteiger partial charge in [0, 0.05) is 6.42 Å². The minimum atomic E-state index is -3.82. The van der Waals surface area contributed by atoms with Crippen LogP contribution in [0.3, 0.4) is 0 Å². The van der Waals surface area contributed by atoms with Gasteiger partial charge in [0.1, 0.15) is 6.29 Å². The Kier molecular flexibility index (Phi) is 3.57. The van der Waals surface area contributed by atoms with Gasteiger partial charge in [-0.25, -0.2) is 4.57 Å². The summed E-state index contributed by atoms with van der Waals surface area (Å²) >= 11 is 0. The van der Waals surface area contributed by atoms with E-state index in [2.05, 4.69) is 4.52 Å². The zero-order valence-corrected chi connectivity index (χ0v) is 6.51. The van der Waals surface area contributed by atoms with E-state index in [1.165, 1.54) is 6.92 Å². The first-order valence-electron chi connectivity index (χ1n) is 2.76. The quantitative estimate of drug-likeness (QED) is 0.579. The van der Waals surface area contributed by atoms with Gasteiger partial charge < -0.3 is 15.2 Å². The molecule has 0 aliphatic heterocycles. The van der Waals surface area contributed by atoms with Gasteiger partial charge in [-0.3, -0.25) is 4.79 Å². The fraction of sp³-hybridized carbons (Fsp3) is 0.750. The Morgan fingerprint density at radius 2 is 2.30 bits per heavy atom. The molecule has 0 radical (unpaired) electrons. The van der Waals surface area contributed by atoms with Crippen molar-refractivity contribution in [1.29, 1.82) is 0 Å². The summed E-state index contributed by atoms with van der Waals surface area (Å²) in [5.74, 6) is -0.712. The molecule has 0 amide bonds. The van der Waals surface area contributed by atoms with E-state index in [-0.39, 0.29) is 6.42 Å². The molecule has 0 aromatic rings. The van der Waals surface area contributed by atoms with Crippen LogP contribution in [0, 0.1) is 0 Å². The summed E-state index contributed by atoms with van der Waals surface area (Å²) in [5, 5.41) is 0. The van der Waals surface area contributed by atoms with Crippen LogP contribution in [0.15, 0.2) is 0 Å². The highest BCUT2D eigenvalue weighted by Crippen LogP contribution is 2.39. The molecule has 0 aliphatic rings. The van der Waals surface area contributed by atoms with E-state index in [0.29, 0.717) is 0 Å². The number of hydrogen-bond acceptors (Lipinski definition) is 4. The Labute approximate surface area is 58.7 Å². The molecule has 0 aliphatic carbocycles. The van der Waals surface area contributed by atoms with Crippen molar-refractivity contribution >= 4 is 13.6 Å². The van der Waals surface area contributed by atoms with E-state index in [1.807, 2.05) is 0 Å². The van der Waals surface area contributed by atoms with Gasteiger partial charge in [0.2, 0.25) is 0 Å². The highest BCUT2D eigenvalue weighted by atomic mass is 31.2. The van der Waals surface area contributed by atoms with Crippen molar-refractivity contribution in [2.45, 2.75) is 13.3 Å². The van der Waals surface area contributed by atoms with Crippen LogP contribution < -0.4 is 5.73 Å². The second kappa shape index (κ2) is 3.71. The van der Waals surface area contributed by atoms with Gasteiger partial charge in [0.05, 0.1) is 0 Å². The summed E-state index contributed by atoms with van der Waals surface area (Å²) in [7, 11) is -3.82. The van der Waals surface area contributed by atoms with Gasteiger partial charge in [-0.05, 0) is 0 Å². The van der Waals surface area contributed by atoms with Crippen molar-refractivity contribution in [3.63, 3.8) is 0 Å². The van der Waals surface area contributed by atoms with E-state index in [9.17, 15) is 9.36 Å². The van der Waals surface area contributed by atoms with E-state index in [1.54, 1.807) is 0 Å². The Balaban J connectivity index is 3.89. The lowest BCUT2D eigenvalue weighted by molar-refractivity contribution is -0.134. The number of carbonyl (C=O) groups is 1. The lowest BCUT2D eigenvalue weighted by Crippen LogP contribution is -2.07. The standard InChI is InChI=1S/C4H10NO4P/c1-2-4(6)9-10(7,8)3-5/h2-3,5H2,1H3,(H,7,8). The van der Waals surface area contributed by atoms with Gasteiger partial charge in [-0.2, -0.15) is 0 Å². The molecule has 0 aromatic heterocycles. The summed E-state index contributed by atoms with van der Waals surface area (Å²) in [6.45, 7) is 1.53. The molecule has 6 heteroatoms. The van der Waals surface area contributed by atoms with Crippen LogP contribution in [0.25, 0.3) is 0 Å². The Hall–Kier alpha value is -0.380. The van der Waals surface area contributed by atoms with Gasteiger partial charge in [-0.15, -0.1) is 0 Å². The average molecular weight is 167 g/mol. The van der Waals surface area contributed by atoms with Gasteiger partial charge in [0.25, 0.3) is 0 Å². The molecular weight excluding hydrogens is 157 g/mol. The highest BCUT2D eigenvalue weighted by Gasteiger charge is 2.20. The zero-order valence-electron chi connectivity index (χ0n) is 5.61. The van der Waals surface area contributed by atoms with E-state index < -0.39 is 19.9 Å². The first-order valence-corrected chi connectivity index (χ1v) is 4.52. The molecule has 0 spiro atoms. The molecular formula is C4H10NO4P. The summed E-state index contributed by atoms with van der Waals surface area (Å²) in [6.07, 6.45) is -0.455. The number of hydrogen-bond donors (Lipinski definition) is 2. The van der Waals surface area contributed by atoms with Gasteiger partial charge in [0.15, 0.2) is 0 Å². The fourth-order valence-corrected chi connectivity index (χ4v) is 0.783. The molecule has 0 aromatic carbocycles. The van der Waals surface area contributed by atoms with Crippen molar-refractivity contribution in [3.05, 3.63) is 0 Å². The second-order valence-corrected chi connectivity index (χ2v) is 3.46. The Morgan fingerprint density at radius 1 is 1.80 bits per heavy atom. The molecule has 0 fully saturated rings. The van der Waals surface area contributed by atoms with Crippen molar-refractivity contribution in [3.8, 4) is 0 Å². The van der Waals surface area contributed by atoms with Crippen molar-refractivity contribution in [2.24, 2.45) is 5.73 Å². The van der Waals surface area contributed by atoms with Crippen LogP contribution in [0.1, 0.15) is 13.3 Å². The smallest absolute Gasteiger partial charge is 0.391 e. The maximum absolute atomic E-state index is 10.5. The maximum Gasteiger partial charge on any atom is 0.392 e. The minimum absolute atomic E-state index is 0.0740. The van der Waals surface area contributed by atoms with Crippen molar-refractivity contribution in [2.75, 3.05) is 6.29 Å². The molecule has 0 heterocycles. The van der Waals surface area contributed by atoms with Crippen LogP contribution in [0.4, 0.5) is 0 Å². The van der Waals surface area contributed by atoms with Crippen LogP contribution in [-0.4, -0.2) is 17.1 Å². The summed E-state index contributed by atoms with van der Waals surface area (Å²) in [4.78, 5) is 19.0. The summed E-state index contributed by atoms with van der Waals surface area (Å²) in [6, 6.07) is 0. The first-order chi connectivity index (χ1) is 4.52. The van der Waals surface area contributed by atoms with Gasteiger partial charge >= 0.3 is 13.6 Å². The molecule has 1 unspecified atom stereocenters. The normalized spacial score (nSPS) is 15.9. The average Bonchev–Trinajstić information content (AvgIpc) is 1.87. The topological polar surface area (TPSA) is 89.6 Å². The monoisotopic (exact) mass is 167 g/mol. The van der Waals surface area contributed by atoms with Crippen LogP contribution in [-0.2, 0) is 13.9 Å². The third-order valence-corrected chi connectivity index (χ3v) is 1.71. The van der Waals surface area contributed by atoms with E-state index >= 15 is 0 Å². The zero-order chi connectivity index (χ0) is 8.20. The van der Waals surface area contributed by atoms with Crippen molar-refractivity contribution in [1.82, 2.24) is 0 Å². The lowest BCUT2D eigenvalue weighted by Gasteiger charge is -2.07. The predicted octanol–water partition coefficient (Wildman–Crippen LogP) is 0.0412. The third-order valence-electron chi connectivity index (χ3n) is 0.764. The molecule has 1 atom stereocenters. The molecule has 0 bridgehead atoms. The largest absolute Gasteiger partial charge is 0.392 e. The summed E-state index contributed by atoms with van der Waals surface area (Å²) in [5.41, 5.74) is 4.82. The van der Waals surface area contributed by atoms with Gasteiger partial charge in [-0.1, -0.05) is 6.92 Å². The molecule has 3 N–H and O–H groups in total. The fourth-order valence-electron chi connectivity index (χ4n) is 0.261. The van der Waals surface area contributed by atoms with Crippen LogP contribution in [0.2, 0.25) is 0 Å². The number of nitrogens with two attached hydrogens (primary N) is 1. The molecule has 60 valence electrons. The Bertz CT molecular complexity index is 169. The number of carbonyl (C=O) groups excluding carboxylic acids is 1. The molecule has 0 rings (SSSR count). The van der Waals surface area contributed by atoms with Crippen LogP contribution in [0.5, 0.6) is 0 Å². The third kappa shape index (κ3) is 3.61. The second-order valence-electron chi connectivity index (χ2n) is 1.64. The number of rotatable bonds is 3. The molecule has 0 saturated heterocycles. The van der Waals surface area contributed by atoms with E-state index in [4.69, 9.17) is 10.6 Å². The summed E-state index contributed by atoms with van der Waals surface area (Å²) < 4.78 is 14.6. The lowest BCUT2D eigenvalue weighted by atomic mass is 10.5. The first kappa shape index (κ1) is 9.62. The van der Waals surface area contributed by atoms with Crippen molar-refractivity contribution < 1.29 is 18.8 Å². The van der Waals surface area contributed by atoms with E-state index in [0.717, 1.165) is 0 Å². The minimum Gasteiger partial charge on any atom is -0.391 e. The van der Waals surface area contributed by atoms with Crippen LogP contribution >= 0.6 is 7.60 Å². The molecule has 5 nitrogen and oxygen atoms in total. The molecule has 0 saturated carbocycles. The maximum atomic E-state index is 10.5.